The van der Waals surface area contributed by atoms with Crippen molar-refractivity contribution in [2.75, 3.05) is 17.1 Å². The summed E-state index contributed by atoms with van der Waals surface area (Å²) in [4.78, 5) is 27.1. The first-order chi connectivity index (χ1) is 15.8. The van der Waals surface area contributed by atoms with Crippen LogP contribution in [0.15, 0.2) is 42.5 Å². The van der Waals surface area contributed by atoms with Gasteiger partial charge in [0, 0.05) is 24.2 Å². The van der Waals surface area contributed by atoms with Gasteiger partial charge >= 0.3 is 0 Å². The Morgan fingerprint density at radius 1 is 1.00 bits per heavy atom. The molecule has 0 aliphatic rings. The van der Waals surface area contributed by atoms with Crippen molar-refractivity contribution >= 4 is 27.5 Å². The zero-order valence-corrected chi connectivity index (χ0v) is 20.2. The lowest BCUT2D eigenvalue weighted by Gasteiger charge is -2.32. The Bertz CT molecular complexity index is 1140. The van der Waals surface area contributed by atoms with Crippen molar-refractivity contribution in [1.82, 2.24) is 10.2 Å². The fourth-order valence-electron chi connectivity index (χ4n) is 3.11. The number of halogens is 3. The van der Waals surface area contributed by atoms with Gasteiger partial charge in [-0.05, 0) is 38.5 Å². The molecule has 11 heteroatoms. The predicted molar refractivity (Wildman–Crippen MR) is 123 cm³/mol. The quantitative estimate of drug-likeness (QED) is 0.544. The number of anilines is 1. The normalized spacial score (nSPS) is 13.1. The van der Waals surface area contributed by atoms with E-state index in [1.54, 1.807) is 13.0 Å². The Morgan fingerprint density at radius 3 is 2.21 bits per heavy atom. The minimum absolute atomic E-state index is 0.123. The van der Waals surface area contributed by atoms with Crippen LogP contribution in [0.2, 0.25) is 0 Å². The average molecular weight is 500 g/mol. The third-order valence-corrected chi connectivity index (χ3v) is 6.48. The van der Waals surface area contributed by atoms with E-state index in [0.717, 1.165) is 23.3 Å². The molecule has 2 rings (SSSR count). The highest BCUT2D eigenvalue weighted by molar-refractivity contribution is 7.92. The maximum absolute atomic E-state index is 14.3. The summed E-state index contributed by atoms with van der Waals surface area (Å²) in [6.45, 7) is 3.97. The van der Waals surface area contributed by atoms with Crippen LogP contribution in [0.25, 0.3) is 0 Å². The van der Waals surface area contributed by atoms with Crippen LogP contribution in [0.4, 0.5) is 18.9 Å². The molecular weight excluding hydrogens is 471 g/mol. The number of carbonyl (C=O) groups excluding carboxylic acids is 2. The summed E-state index contributed by atoms with van der Waals surface area (Å²) in [5.74, 6) is -4.40. The standard InChI is InChI=1S/C23H28F3N3O4S/c1-5-15(2)27-23(31)16(3)28(13-17-8-6-7-9-19(17)24)22(30)14-29(34(4,32)33)18-10-11-20(25)21(26)12-18/h6-12,15-16H,5,13-14H2,1-4H3,(H,27,31)/t15-,16-/m0/s1. The number of benzene rings is 2. The first-order valence-electron chi connectivity index (χ1n) is 10.6. The van der Waals surface area contributed by atoms with Crippen molar-refractivity contribution in [1.29, 1.82) is 0 Å². The summed E-state index contributed by atoms with van der Waals surface area (Å²) in [6.07, 6.45) is 1.44. The van der Waals surface area contributed by atoms with E-state index in [4.69, 9.17) is 0 Å². The molecule has 2 aromatic rings. The van der Waals surface area contributed by atoms with Crippen molar-refractivity contribution in [3.63, 3.8) is 0 Å². The van der Waals surface area contributed by atoms with Gasteiger partial charge < -0.3 is 10.2 Å². The van der Waals surface area contributed by atoms with Gasteiger partial charge in [0.2, 0.25) is 21.8 Å². The highest BCUT2D eigenvalue weighted by Gasteiger charge is 2.31. The molecule has 0 spiro atoms. The van der Waals surface area contributed by atoms with Crippen molar-refractivity contribution in [3.8, 4) is 0 Å². The molecule has 2 amide bonds. The molecule has 7 nitrogen and oxygen atoms in total. The average Bonchev–Trinajstić information content (AvgIpc) is 2.77. The van der Waals surface area contributed by atoms with Gasteiger partial charge in [-0.2, -0.15) is 0 Å². The van der Waals surface area contributed by atoms with E-state index in [1.165, 1.54) is 25.1 Å². The van der Waals surface area contributed by atoms with Gasteiger partial charge in [0.1, 0.15) is 18.4 Å². The molecule has 0 fully saturated rings. The molecular formula is C23H28F3N3O4S. The van der Waals surface area contributed by atoms with Gasteiger partial charge in [-0.3, -0.25) is 13.9 Å². The molecule has 186 valence electrons. The van der Waals surface area contributed by atoms with Crippen LogP contribution in [0.1, 0.15) is 32.8 Å². The van der Waals surface area contributed by atoms with Crippen LogP contribution in [0, 0.1) is 17.5 Å². The summed E-state index contributed by atoms with van der Waals surface area (Å²) in [5.41, 5.74) is -0.143. The van der Waals surface area contributed by atoms with Crippen LogP contribution in [-0.2, 0) is 26.2 Å². The molecule has 0 aliphatic carbocycles. The monoisotopic (exact) mass is 499 g/mol. The number of nitrogens with one attached hydrogen (secondary N) is 1. The highest BCUT2D eigenvalue weighted by Crippen LogP contribution is 2.22. The molecule has 34 heavy (non-hydrogen) atoms. The Morgan fingerprint density at radius 2 is 1.65 bits per heavy atom. The molecule has 1 N–H and O–H groups in total. The van der Waals surface area contributed by atoms with E-state index in [9.17, 15) is 31.2 Å². The molecule has 0 saturated heterocycles. The topological polar surface area (TPSA) is 86.8 Å². The number of nitrogens with zero attached hydrogens (tertiary/aromatic N) is 2. The highest BCUT2D eigenvalue weighted by atomic mass is 32.2. The van der Waals surface area contributed by atoms with Crippen molar-refractivity contribution in [2.24, 2.45) is 0 Å². The van der Waals surface area contributed by atoms with E-state index in [0.29, 0.717) is 16.8 Å². The van der Waals surface area contributed by atoms with Crippen molar-refractivity contribution in [2.45, 2.75) is 45.8 Å². The summed E-state index contributed by atoms with van der Waals surface area (Å²) >= 11 is 0. The fourth-order valence-corrected chi connectivity index (χ4v) is 3.95. The summed E-state index contributed by atoms with van der Waals surface area (Å²) in [5, 5.41) is 2.74. The van der Waals surface area contributed by atoms with E-state index >= 15 is 0 Å². The molecule has 0 aliphatic heterocycles. The third kappa shape index (κ3) is 6.96. The second-order valence-electron chi connectivity index (χ2n) is 7.97. The van der Waals surface area contributed by atoms with Gasteiger partial charge in [0.05, 0.1) is 11.9 Å². The molecule has 0 aromatic heterocycles. The number of amides is 2. The lowest BCUT2D eigenvalue weighted by molar-refractivity contribution is -0.139. The Kier molecular flexibility index (Phi) is 9.08. The van der Waals surface area contributed by atoms with Gasteiger partial charge in [0.15, 0.2) is 11.6 Å². The Hall–Kier alpha value is -3.08. The maximum Gasteiger partial charge on any atom is 0.244 e. The number of hydrogen-bond acceptors (Lipinski definition) is 4. The second-order valence-corrected chi connectivity index (χ2v) is 9.88. The lowest BCUT2D eigenvalue weighted by atomic mass is 10.1. The van der Waals surface area contributed by atoms with Gasteiger partial charge in [-0.25, -0.2) is 21.6 Å². The Balaban J connectivity index is 2.42. The molecule has 0 saturated carbocycles. The summed E-state index contributed by atoms with van der Waals surface area (Å²) in [6, 6.07) is 6.84. The molecule has 0 heterocycles. The van der Waals surface area contributed by atoms with Crippen LogP contribution >= 0.6 is 0 Å². The lowest BCUT2D eigenvalue weighted by Crippen LogP contribution is -2.52. The number of sulfonamides is 1. The van der Waals surface area contributed by atoms with Crippen LogP contribution in [0.3, 0.4) is 0 Å². The third-order valence-electron chi connectivity index (χ3n) is 5.34. The van der Waals surface area contributed by atoms with E-state index in [-0.39, 0.29) is 23.8 Å². The van der Waals surface area contributed by atoms with Gasteiger partial charge in [0.25, 0.3) is 0 Å². The molecule has 0 bridgehead atoms. The van der Waals surface area contributed by atoms with E-state index < -0.39 is 51.9 Å². The first kappa shape index (κ1) is 27.2. The number of carbonyl (C=O) groups is 2. The fraction of sp³-hybridized carbons (Fsp3) is 0.391. The van der Waals surface area contributed by atoms with Crippen LogP contribution in [-0.4, -0.2) is 50.0 Å². The SMILES string of the molecule is CC[C@H](C)NC(=O)[C@H](C)N(Cc1ccccc1F)C(=O)CN(c1ccc(F)c(F)c1)S(C)(=O)=O. The smallest absolute Gasteiger partial charge is 0.244 e. The minimum atomic E-state index is -4.10. The number of hydrogen-bond donors (Lipinski definition) is 1. The van der Waals surface area contributed by atoms with Gasteiger partial charge in [-0.1, -0.05) is 25.1 Å². The summed E-state index contributed by atoms with van der Waals surface area (Å²) in [7, 11) is -4.10. The van der Waals surface area contributed by atoms with Gasteiger partial charge in [-0.15, -0.1) is 0 Å². The first-order valence-corrected chi connectivity index (χ1v) is 12.5. The Labute approximate surface area is 197 Å². The zero-order valence-electron chi connectivity index (χ0n) is 19.4. The van der Waals surface area contributed by atoms with Crippen LogP contribution in [0.5, 0.6) is 0 Å². The van der Waals surface area contributed by atoms with Crippen LogP contribution < -0.4 is 9.62 Å². The molecule has 0 unspecified atom stereocenters. The minimum Gasteiger partial charge on any atom is -0.352 e. The van der Waals surface area contributed by atoms with Crippen molar-refractivity contribution < 1.29 is 31.2 Å². The molecule has 2 aromatic carbocycles. The predicted octanol–water partition coefficient (Wildman–Crippen LogP) is 3.20. The maximum atomic E-state index is 14.3. The van der Waals surface area contributed by atoms with Crippen molar-refractivity contribution in [3.05, 3.63) is 65.5 Å². The molecule has 0 radical (unpaired) electrons. The van der Waals surface area contributed by atoms with E-state index in [1.807, 2.05) is 6.92 Å². The molecule has 2 atom stereocenters. The number of rotatable bonds is 10. The van der Waals surface area contributed by atoms with E-state index in [2.05, 4.69) is 5.32 Å². The largest absolute Gasteiger partial charge is 0.352 e. The summed E-state index contributed by atoms with van der Waals surface area (Å²) < 4.78 is 66.8. The zero-order chi connectivity index (χ0) is 25.6. The second kappa shape index (κ2) is 11.4.